The van der Waals surface area contributed by atoms with Crippen molar-refractivity contribution in [1.82, 2.24) is 5.16 Å². The van der Waals surface area contributed by atoms with Gasteiger partial charge in [-0.3, -0.25) is 4.79 Å². The maximum absolute atomic E-state index is 12.1. The molecule has 0 atom stereocenters. The van der Waals surface area contributed by atoms with Crippen molar-refractivity contribution in [3.05, 3.63) is 78.0 Å². The van der Waals surface area contributed by atoms with Gasteiger partial charge in [0.25, 0.3) is 0 Å². The average Bonchev–Trinajstić information content (AvgIpc) is 3.10. The molecule has 3 aromatic rings. The fraction of sp³-hybridized carbons (Fsp3) is 0.0500. The van der Waals surface area contributed by atoms with Crippen LogP contribution in [0.2, 0.25) is 0 Å². The number of carboxylic acid groups (broad SMARTS) is 1. The summed E-state index contributed by atoms with van der Waals surface area (Å²) in [6.45, 7) is 0. The molecular weight excluding hydrogens is 332 g/mol. The van der Waals surface area contributed by atoms with Crippen LogP contribution in [0, 0.1) is 0 Å². The molecule has 0 unspecified atom stereocenters. The Kier molecular flexibility index (Phi) is 5.24. The lowest BCUT2D eigenvalue weighted by molar-refractivity contribution is -0.131. The van der Waals surface area contributed by atoms with Crippen LogP contribution in [0.3, 0.4) is 0 Å². The molecule has 0 saturated carbocycles. The molecule has 3 rings (SSSR count). The van der Waals surface area contributed by atoms with Crippen molar-refractivity contribution in [3.8, 4) is 11.3 Å². The predicted molar refractivity (Wildman–Crippen MR) is 97.4 cm³/mol. The zero-order valence-electron chi connectivity index (χ0n) is 13.8. The van der Waals surface area contributed by atoms with E-state index in [1.165, 1.54) is 6.08 Å². The van der Waals surface area contributed by atoms with Crippen LogP contribution < -0.4 is 5.32 Å². The number of anilines is 1. The molecule has 1 heterocycles. The minimum Gasteiger partial charge on any atom is -0.478 e. The van der Waals surface area contributed by atoms with Crippen LogP contribution >= 0.6 is 0 Å². The van der Waals surface area contributed by atoms with Crippen LogP contribution in [-0.2, 0) is 16.0 Å². The van der Waals surface area contributed by atoms with Gasteiger partial charge >= 0.3 is 5.97 Å². The lowest BCUT2D eigenvalue weighted by Crippen LogP contribution is -2.14. The molecule has 0 fully saturated rings. The summed E-state index contributed by atoms with van der Waals surface area (Å²) in [5.74, 6) is -0.612. The number of aromatic nitrogens is 1. The van der Waals surface area contributed by atoms with Crippen LogP contribution in [0.15, 0.2) is 71.3 Å². The highest BCUT2D eigenvalue weighted by Crippen LogP contribution is 2.20. The smallest absolute Gasteiger partial charge is 0.328 e. The molecule has 130 valence electrons. The maximum atomic E-state index is 12.1. The van der Waals surface area contributed by atoms with E-state index < -0.39 is 5.97 Å². The van der Waals surface area contributed by atoms with Crippen LogP contribution in [0.5, 0.6) is 0 Å². The Bertz CT molecular complexity index is 928. The lowest BCUT2D eigenvalue weighted by atomic mass is 10.1. The van der Waals surface area contributed by atoms with Crippen molar-refractivity contribution in [3.63, 3.8) is 0 Å². The number of carbonyl (C=O) groups excluding carboxylic acids is 1. The second-order valence-corrected chi connectivity index (χ2v) is 5.57. The van der Waals surface area contributed by atoms with E-state index in [0.717, 1.165) is 17.2 Å². The highest BCUT2D eigenvalue weighted by molar-refractivity contribution is 5.92. The van der Waals surface area contributed by atoms with Crippen molar-refractivity contribution in [2.75, 3.05) is 5.32 Å². The van der Waals surface area contributed by atoms with Crippen LogP contribution in [0.25, 0.3) is 17.4 Å². The summed E-state index contributed by atoms with van der Waals surface area (Å²) < 4.78 is 5.28. The normalized spacial score (nSPS) is 10.8. The fourth-order valence-corrected chi connectivity index (χ4v) is 2.35. The number of aliphatic carboxylic acids is 1. The Labute approximate surface area is 149 Å². The van der Waals surface area contributed by atoms with E-state index in [1.54, 1.807) is 30.3 Å². The number of nitrogens with one attached hydrogen (secondary N) is 1. The van der Waals surface area contributed by atoms with Gasteiger partial charge in [-0.2, -0.15) is 0 Å². The number of hydrogen-bond donors (Lipinski definition) is 2. The molecule has 1 amide bonds. The van der Waals surface area contributed by atoms with Crippen LogP contribution in [0.1, 0.15) is 11.3 Å². The van der Waals surface area contributed by atoms with Gasteiger partial charge in [-0.05, 0) is 23.8 Å². The Hall–Kier alpha value is -3.67. The maximum Gasteiger partial charge on any atom is 0.328 e. The zero-order valence-corrected chi connectivity index (χ0v) is 13.8. The second kappa shape index (κ2) is 7.94. The number of carboxylic acids is 1. The summed E-state index contributed by atoms with van der Waals surface area (Å²) in [4.78, 5) is 22.6. The Morgan fingerprint density at radius 1 is 1.08 bits per heavy atom. The van der Waals surface area contributed by atoms with Crippen LogP contribution in [-0.4, -0.2) is 22.1 Å². The quantitative estimate of drug-likeness (QED) is 0.664. The summed E-state index contributed by atoms with van der Waals surface area (Å²) in [7, 11) is 0. The SMILES string of the molecule is O=C(O)C=Cc1ccc(NC(=O)Cc2cc(-c3ccccc3)on2)cc1. The van der Waals surface area contributed by atoms with Gasteiger partial charge < -0.3 is 14.9 Å². The molecule has 1 aromatic heterocycles. The first kappa shape index (κ1) is 17.2. The van der Waals surface area contributed by atoms with E-state index in [1.807, 2.05) is 30.3 Å². The molecule has 6 heteroatoms. The molecule has 0 spiro atoms. The second-order valence-electron chi connectivity index (χ2n) is 5.57. The molecule has 2 aromatic carbocycles. The van der Waals surface area contributed by atoms with Gasteiger partial charge in [0, 0.05) is 23.4 Å². The summed E-state index contributed by atoms with van der Waals surface area (Å²) in [6, 6.07) is 18.1. The molecule has 0 bridgehead atoms. The van der Waals surface area contributed by atoms with Crippen molar-refractivity contribution in [2.45, 2.75) is 6.42 Å². The molecule has 6 nitrogen and oxygen atoms in total. The Morgan fingerprint density at radius 2 is 1.81 bits per heavy atom. The standard InChI is InChI=1S/C20H16N2O4/c23-19(21-16-9-6-14(7-10-16)8-11-20(24)25)13-17-12-18(26-22-17)15-4-2-1-3-5-15/h1-12H,13H2,(H,21,23)(H,24,25). The van der Waals surface area contributed by atoms with Crippen molar-refractivity contribution in [1.29, 1.82) is 0 Å². The number of amides is 1. The van der Waals surface area contributed by atoms with Gasteiger partial charge in [0.15, 0.2) is 5.76 Å². The van der Waals surface area contributed by atoms with E-state index >= 15 is 0 Å². The number of rotatable bonds is 6. The molecule has 0 saturated heterocycles. The Morgan fingerprint density at radius 3 is 2.50 bits per heavy atom. The summed E-state index contributed by atoms with van der Waals surface area (Å²) >= 11 is 0. The van der Waals surface area contributed by atoms with E-state index in [2.05, 4.69) is 10.5 Å². The summed E-state index contributed by atoms with van der Waals surface area (Å²) in [5.41, 5.74) is 2.79. The third-order valence-electron chi connectivity index (χ3n) is 3.57. The molecule has 2 N–H and O–H groups in total. The monoisotopic (exact) mass is 348 g/mol. The van der Waals surface area contributed by atoms with Gasteiger partial charge in [0.1, 0.15) is 0 Å². The van der Waals surface area contributed by atoms with Gasteiger partial charge in [-0.25, -0.2) is 4.79 Å². The predicted octanol–water partition coefficient (Wildman–Crippen LogP) is 3.62. The highest BCUT2D eigenvalue weighted by atomic mass is 16.5. The fourth-order valence-electron chi connectivity index (χ4n) is 2.35. The van der Waals surface area contributed by atoms with Gasteiger partial charge in [0.05, 0.1) is 12.1 Å². The van der Waals surface area contributed by atoms with Crippen LogP contribution in [0.4, 0.5) is 5.69 Å². The van der Waals surface area contributed by atoms with Gasteiger partial charge in [0.2, 0.25) is 5.91 Å². The molecular formula is C20H16N2O4. The van der Waals surface area contributed by atoms with E-state index in [4.69, 9.17) is 9.63 Å². The third-order valence-corrected chi connectivity index (χ3v) is 3.57. The van der Waals surface area contributed by atoms with Crippen molar-refractivity contribution >= 4 is 23.6 Å². The van der Waals surface area contributed by atoms with E-state index in [0.29, 0.717) is 17.1 Å². The molecule has 0 aliphatic carbocycles. The summed E-state index contributed by atoms with van der Waals surface area (Å²) in [5, 5.41) is 15.3. The number of hydrogen-bond acceptors (Lipinski definition) is 4. The molecule has 0 radical (unpaired) electrons. The van der Waals surface area contributed by atoms with Crippen molar-refractivity contribution < 1.29 is 19.2 Å². The largest absolute Gasteiger partial charge is 0.478 e. The van der Waals surface area contributed by atoms with E-state index in [-0.39, 0.29) is 12.3 Å². The topological polar surface area (TPSA) is 92.4 Å². The molecule has 0 aliphatic heterocycles. The Balaban J connectivity index is 1.59. The zero-order chi connectivity index (χ0) is 18.4. The highest BCUT2D eigenvalue weighted by Gasteiger charge is 2.10. The third kappa shape index (κ3) is 4.67. The van der Waals surface area contributed by atoms with Crippen molar-refractivity contribution in [2.24, 2.45) is 0 Å². The van der Waals surface area contributed by atoms with Gasteiger partial charge in [-0.15, -0.1) is 0 Å². The first-order valence-corrected chi connectivity index (χ1v) is 7.92. The first-order chi connectivity index (χ1) is 12.6. The minimum absolute atomic E-state index is 0.0942. The number of nitrogens with zero attached hydrogens (tertiary/aromatic N) is 1. The van der Waals surface area contributed by atoms with E-state index in [9.17, 15) is 9.59 Å². The molecule has 26 heavy (non-hydrogen) atoms. The average molecular weight is 348 g/mol. The number of carbonyl (C=O) groups is 2. The lowest BCUT2D eigenvalue weighted by Gasteiger charge is -2.04. The number of benzene rings is 2. The summed E-state index contributed by atoms with van der Waals surface area (Å²) in [6.07, 6.45) is 2.63. The molecule has 0 aliphatic rings. The minimum atomic E-state index is -1.01. The first-order valence-electron chi connectivity index (χ1n) is 7.92. The van der Waals surface area contributed by atoms with Gasteiger partial charge in [-0.1, -0.05) is 47.6 Å².